The minimum atomic E-state index is 1.02. The summed E-state index contributed by atoms with van der Waals surface area (Å²) in [4.78, 5) is 0. The number of hydrogen-bond donors (Lipinski definition) is 0. The fourth-order valence-corrected chi connectivity index (χ4v) is 0.322. The Morgan fingerprint density at radius 2 is 2.25 bits per heavy atom. The quantitative estimate of drug-likeness (QED) is 0.487. The fraction of sp³-hybridized carbons (Fsp3) is 0.250. The van der Waals surface area contributed by atoms with Crippen molar-refractivity contribution in [1.29, 1.82) is 0 Å². The molecule has 0 saturated carbocycles. The molecule has 0 atom stereocenters. The van der Waals surface area contributed by atoms with Crippen LogP contribution in [0.5, 0.6) is 0 Å². The van der Waals surface area contributed by atoms with Gasteiger partial charge in [0.2, 0.25) is 0 Å². The van der Waals surface area contributed by atoms with Crippen LogP contribution in [0.25, 0.3) is 0 Å². The molecule has 8 heavy (non-hydrogen) atoms. The van der Waals surface area contributed by atoms with E-state index in [1.54, 1.807) is 6.08 Å². The average molecular weight is 108 g/mol. The van der Waals surface area contributed by atoms with Crippen LogP contribution >= 0.6 is 0 Å². The third-order valence-corrected chi connectivity index (χ3v) is 0.922. The molecule has 0 spiro atoms. The SMILES string of the molecule is C=CC=CC(=C)CC. The van der Waals surface area contributed by atoms with E-state index in [4.69, 9.17) is 0 Å². The van der Waals surface area contributed by atoms with Crippen LogP contribution in [0.4, 0.5) is 0 Å². The summed E-state index contributed by atoms with van der Waals surface area (Å²) >= 11 is 0. The zero-order chi connectivity index (χ0) is 6.41. The van der Waals surface area contributed by atoms with Gasteiger partial charge < -0.3 is 0 Å². The van der Waals surface area contributed by atoms with Crippen LogP contribution in [-0.2, 0) is 0 Å². The van der Waals surface area contributed by atoms with Gasteiger partial charge in [-0.25, -0.2) is 0 Å². The summed E-state index contributed by atoms with van der Waals surface area (Å²) in [5.41, 5.74) is 1.14. The molecule has 0 radical (unpaired) electrons. The van der Waals surface area contributed by atoms with Crippen molar-refractivity contribution < 1.29 is 0 Å². The van der Waals surface area contributed by atoms with Crippen molar-refractivity contribution in [3.8, 4) is 0 Å². The molecule has 0 heteroatoms. The molecule has 0 aliphatic carbocycles. The van der Waals surface area contributed by atoms with Gasteiger partial charge in [0.15, 0.2) is 0 Å². The summed E-state index contributed by atoms with van der Waals surface area (Å²) in [6.07, 6.45) is 6.63. The maximum absolute atomic E-state index is 3.78. The first-order valence-electron chi connectivity index (χ1n) is 2.78. The largest absolute Gasteiger partial charge is 0.0991 e. The van der Waals surface area contributed by atoms with Crippen LogP contribution < -0.4 is 0 Å². The van der Waals surface area contributed by atoms with Crippen molar-refractivity contribution in [2.45, 2.75) is 13.3 Å². The highest BCUT2D eigenvalue weighted by molar-refractivity contribution is 5.17. The van der Waals surface area contributed by atoms with Gasteiger partial charge in [-0.3, -0.25) is 0 Å². The van der Waals surface area contributed by atoms with Crippen molar-refractivity contribution in [3.63, 3.8) is 0 Å². The van der Waals surface area contributed by atoms with Crippen LogP contribution in [0.2, 0.25) is 0 Å². The molecule has 0 fully saturated rings. The Labute approximate surface area is 51.2 Å². The van der Waals surface area contributed by atoms with Gasteiger partial charge in [-0.05, 0) is 6.42 Å². The lowest BCUT2D eigenvalue weighted by Crippen LogP contribution is -1.65. The van der Waals surface area contributed by atoms with Crippen LogP contribution in [0.15, 0.2) is 37.0 Å². The van der Waals surface area contributed by atoms with Crippen LogP contribution in [-0.4, -0.2) is 0 Å². The van der Waals surface area contributed by atoms with Crippen molar-refractivity contribution >= 4 is 0 Å². The Balaban J connectivity index is 3.52. The van der Waals surface area contributed by atoms with E-state index in [-0.39, 0.29) is 0 Å². The molecule has 0 aromatic carbocycles. The van der Waals surface area contributed by atoms with Crippen molar-refractivity contribution in [1.82, 2.24) is 0 Å². The summed E-state index contributed by atoms with van der Waals surface area (Å²) in [5.74, 6) is 0. The van der Waals surface area contributed by atoms with Crippen molar-refractivity contribution in [2.24, 2.45) is 0 Å². The van der Waals surface area contributed by atoms with Gasteiger partial charge in [0, 0.05) is 0 Å². The van der Waals surface area contributed by atoms with Gasteiger partial charge >= 0.3 is 0 Å². The highest BCUT2D eigenvalue weighted by Crippen LogP contribution is 1.96. The van der Waals surface area contributed by atoms with Crippen LogP contribution in [0.3, 0.4) is 0 Å². The van der Waals surface area contributed by atoms with Gasteiger partial charge in [-0.2, -0.15) is 0 Å². The van der Waals surface area contributed by atoms with E-state index in [0.29, 0.717) is 0 Å². The van der Waals surface area contributed by atoms with Gasteiger partial charge in [0.25, 0.3) is 0 Å². The highest BCUT2D eigenvalue weighted by Gasteiger charge is 1.75. The summed E-state index contributed by atoms with van der Waals surface area (Å²) in [6.45, 7) is 9.39. The second-order valence-corrected chi connectivity index (χ2v) is 1.61. The molecule has 0 unspecified atom stereocenters. The van der Waals surface area contributed by atoms with E-state index in [2.05, 4.69) is 20.1 Å². The minimum absolute atomic E-state index is 1.02. The first-order valence-corrected chi connectivity index (χ1v) is 2.78. The second-order valence-electron chi connectivity index (χ2n) is 1.61. The van der Waals surface area contributed by atoms with E-state index in [1.807, 2.05) is 12.2 Å². The average Bonchev–Trinajstić information content (AvgIpc) is 1.83. The Hall–Kier alpha value is -0.780. The van der Waals surface area contributed by atoms with Crippen LogP contribution in [0.1, 0.15) is 13.3 Å². The van der Waals surface area contributed by atoms with Crippen molar-refractivity contribution in [2.75, 3.05) is 0 Å². The summed E-state index contributed by atoms with van der Waals surface area (Å²) in [6, 6.07) is 0. The molecule has 0 aliphatic rings. The minimum Gasteiger partial charge on any atom is -0.0991 e. The summed E-state index contributed by atoms with van der Waals surface area (Å²) < 4.78 is 0. The molecule has 0 N–H and O–H groups in total. The Morgan fingerprint density at radius 1 is 1.62 bits per heavy atom. The lowest BCUT2D eigenvalue weighted by Gasteiger charge is -1.86. The Kier molecular flexibility index (Phi) is 3.95. The first kappa shape index (κ1) is 7.22. The molecule has 44 valence electrons. The van der Waals surface area contributed by atoms with Gasteiger partial charge in [-0.1, -0.05) is 43.9 Å². The topological polar surface area (TPSA) is 0 Å². The summed E-state index contributed by atoms with van der Waals surface area (Å²) in [5, 5.41) is 0. The third kappa shape index (κ3) is 3.41. The molecule has 0 amide bonds. The van der Waals surface area contributed by atoms with Crippen LogP contribution in [0, 0.1) is 0 Å². The number of hydrogen-bond acceptors (Lipinski definition) is 0. The maximum Gasteiger partial charge on any atom is -0.0313 e. The number of rotatable bonds is 3. The highest BCUT2D eigenvalue weighted by atomic mass is 13.8. The second kappa shape index (κ2) is 4.38. The smallest absolute Gasteiger partial charge is 0.0313 e. The predicted molar refractivity (Wildman–Crippen MR) is 38.8 cm³/mol. The Bertz CT molecular complexity index is 107. The lowest BCUT2D eigenvalue weighted by molar-refractivity contribution is 1.16. The van der Waals surface area contributed by atoms with E-state index >= 15 is 0 Å². The van der Waals surface area contributed by atoms with Gasteiger partial charge in [-0.15, -0.1) is 0 Å². The molecule has 0 saturated heterocycles. The van der Waals surface area contributed by atoms with Crippen molar-refractivity contribution in [3.05, 3.63) is 37.0 Å². The lowest BCUT2D eigenvalue weighted by atomic mass is 10.2. The number of allylic oxidation sites excluding steroid dienone is 4. The molecular formula is C8H12. The monoisotopic (exact) mass is 108 g/mol. The molecule has 0 aromatic rings. The normalized spacial score (nSPS) is 9.62. The molecule has 0 aromatic heterocycles. The molecule has 0 heterocycles. The Morgan fingerprint density at radius 3 is 2.62 bits per heavy atom. The zero-order valence-corrected chi connectivity index (χ0v) is 5.35. The van der Waals surface area contributed by atoms with E-state index in [0.717, 1.165) is 12.0 Å². The molecule has 0 nitrogen and oxygen atoms in total. The standard InChI is InChI=1S/C8H12/c1-4-6-7-8(3)5-2/h4,6-7H,1,3,5H2,2H3. The molecule has 0 aliphatic heterocycles. The maximum atomic E-state index is 3.78. The van der Waals surface area contributed by atoms with E-state index in [9.17, 15) is 0 Å². The fourth-order valence-electron chi connectivity index (χ4n) is 0.322. The third-order valence-electron chi connectivity index (χ3n) is 0.922. The zero-order valence-electron chi connectivity index (χ0n) is 5.35. The molecule has 0 bridgehead atoms. The van der Waals surface area contributed by atoms with Gasteiger partial charge in [0.05, 0.1) is 0 Å². The first-order chi connectivity index (χ1) is 3.81. The predicted octanol–water partition coefficient (Wildman–Crippen LogP) is 2.69. The molecular weight excluding hydrogens is 96.1 g/mol. The van der Waals surface area contributed by atoms with Gasteiger partial charge in [0.1, 0.15) is 0 Å². The molecule has 0 rings (SSSR count). The summed E-state index contributed by atoms with van der Waals surface area (Å²) in [7, 11) is 0. The van der Waals surface area contributed by atoms with E-state index < -0.39 is 0 Å². The van der Waals surface area contributed by atoms with E-state index in [1.165, 1.54) is 0 Å².